The Labute approximate surface area is 258 Å². The van der Waals surface area contributed by atoms with Crippen molar-refractivity contribution in [2.45, 2.75) is 88.9 Å². The van der Waals surface area contributed by atoms with E-state index in [1.54, 1.807) is 23.5 Å². The lowest BCUT2D eigenvalue weighted by Crippen LogP contribution is -2.64. The smallest absolute Gasteiger partial charge is 0.246 e. The van der Waals surface area contributed by atoms with Crippen molar-refractivity contribution < 1.29 is 23.9 Å². The predicted octanol–water partition coefficient (Wildman–Crippen LogP) is 2.80. The molecule has 1 aromatic rings. The van der Waals surface area contributed by atoms with Gasteiger partial charge in [0.05, 0.1) is 11.4 Å². The fourth-order valence-electron chi connectivity index (χ4n) is 4.98. The molecule has 0 saturated carbocycles. The normalized spacial score (nSPS) is 24.4. The first-order valence-electron chi connectivity index (χ1n) is 15.0. The first-order chi connectivity index (χ1) is 20.1. The van der Waals surface area contributed by atoms with Crippen LogP contribution in [0.15, 0.2) is 18.2 Å². The first kappa shape index (κ1) is 34.2. The molecule has 1 spiro atoms. The van der Waals surface area contributed by atoms with Crippen LogP contribution in [0.3, 0.4) is 0 Å². The Morgan fingerprint density at radius 1 is 0.976 bits per heavy atom. The number of pyridine rings is 1. The highest BCUT2D eigenvalue weighted by molar-refractivity contribution is 7.98. The van der Waals surface area contributed by atoms with Gasteiger partial charge in [-0.1, -0.05) is 40.2 Å². The summed E-state index contributed by atoms with van der Waals surface area (Å²) in [6.45, 7) is 9.01. The predicted molar refractivity (Wildman–Crippen MR) is 168 cm³/mol. The van der Waals surface area contributed by atoms with Crippen molar-refractivity contribution >= 4 is 47.2 Å². The average Bonchev–Trinajstić information content (AvgIpc) is 2.97. The van der Waals surface area contributed by atoms with E-state index >= 15 is 0 Å². The lowest BCUT2D eigenvalue weighted by Gasteiger charge is -2.38. The van der Waals surface area contributed by atoms with Gasteiger partial charge in [0.1, 0.15) is 17.6 Å². The summed E-state index contributed by atoms with van der Waals surface area (Å²) in [4.78, 5) is 58.4. The molecule has 1 saturated heterocycles. The SMILES string of the molecule is CC[C@H](C)[C@@H]1NC(=O)[C@H](CC(C)C)NC(=O)C2(CCOCC2)NC(=O)CCSCc2cccc(n2)CSCCNC1=O. The number of carbonyl (C=O) groups excluding carboxylic acids is 4. The Balaban J connectivity index is 1.84. The van der Waals surface area contributed by atoms with Crippen LogP contribution in [0.5, 0.6) is 0 Å². The molecular formula is C30H47N5O5S2. The molecule has 3 atom stereocenters. The number of aromatic nitrogens is 1. The van der Waals surface area contributed by atoms with Crippen LogP contribution in [0.25, 0.3) is 0 Å². The third-order valence-corrected chi connectivity index (χ3v) is 9.65. The van der Waals surface area contributed by atoms with Crippen LogP contribution >= 0.6 is 23.5 Å². The maximum absolute atomic E-state index is 13.8. The van der Waals surface area contributed by atoms with Crippen LogP contribution in [-0.4, -0.2) is 77.5 Å². The number of carbonyl (C=O) groups is 4. The van der Waals surface area contributed by atoms with E-state index in [1.165, 1.54) is 0 Å². The third kappa shape index (κ3) is 10.4. The van der Waals surface area contributed by atoms with Crippen LogP contribution < -0.4 is 21.3 Å². The molecule has 12 heteroatoms. The van der Waals surface area contributed by atoms with E-state index in [9.17, 15) is 19.2 Å². The molecule has 42 heavy (non-hydrogen) atoms. The van der Waals surface area contributed by atoms with Crippen molar-refractivity contribution in [1.82, 2.24) is 26.3 Å². The van der Waals surface area contributed by atoms with Gasteiger partial charge in [0.15, 0.2) is 0 Å². The van der Waals surface area contributed by atoms with Gasteiger partial charge in [-0.05, 0) is 30.4 Å². The molecule has 0 aromatic carbocycles. The minimum absolute atomic E-state index is 0.103. The number of nitrogens with one attached hydrogen (secondary N) is 4. The molecule has 4 N–H and O–H groups in total. The molecule has 0 unspecified atom stereocenters. The summed E-state index contributed by atoms with van der Waals surface area (Å²) in [7, 11) is 0. The largest absolute Gasteiger partial charge is 0.381 e. The molecule has 234 valence electrons. The van der Waals surface area contributed by atoms with Crippen molar-refractivity contribution in [2.24, 2.45) is 11.8 Å². The first-order valence-corrected chi connectivity index (χ1v) is 17.3. The van der Waals surface area contributed by atoms with Gasteiger partial charge in [0.25, 0.3) is 0 Å². The highest BCUT2D eigenvalue weighted by Gasteiger charge is 2.43. The second-order valence-corrected chi connectivity index (χ2v) is 13.7. The van der Waals surface area contributed by atoms with E-state index in [4.69, 9.17) is 9.72 Å². The average molecular weight is 622 g/mol. The van der Waals surface area contributed by atoms with E-state index in [0.29, 0.717) is 62.7 Å². The fraction of sp³-hybridized carbons (Fsp3) is 0.700. The standard InChI is InChI=1S/C30H47N5O5S2/c1-5-21(4)26-28(38)31-12-16-42-19-23-8-6-7-22(32-23)18-41-15-9-25(36)35-30(10-13-40-14-11-30)29(39)33-24(17-20(2)3)27(37)34-26/h6-8,20-21,24,26H,5,9-19H2,1-4H3,(H,31,38)(H,33,39)(H,34,37)(H,35,36)/t21-,24-,26-/m0/s1. The van der Waals surface area contributed by atoms with Crippen molar-refractivity contribution in [1.29, 1.82) is 0 Å². The number of thioether (sulfide) groups is 2. The van der Waals surface area contributed by atoms with E-state index in [-0.39, 0.29) is 30.1 Å². The maximum Gasteiger partial charge on any atom is 0.246 e. The summed E-state index contributed by atoms with van der Waals surface area (Å²) in [6.07, 6.45) is 2.00. The minimum Gasteiger partial charge on any atom is -0.381 e. The summed E-state index contributed by atoms with van der Waals surface area (Å²) in [6, 6.07) is 4.39. The Morgan fingerprint density at radius 2 is 1.64 bits per heavy atom. The van der Waals surface area contributed by atoms with E-state index in [2.05, 4.69) is 21.3 Å². The van der Waals surface area contributed by atoms with Gasteiger partial charge in [-0.25, -0.2) is 0 Å². The van der Waals surface area contributed by atoms with Crippen LogP contribution in [0.4, 0.5) is 0 Å². The van der Waals surface area contributed by atoms with Gasteiger partial charge in [0.2, 0.25) is 23.6 Å². The Hall–Kier alpha value is -2.31. The molecule has 4 amide bonds. The Morgan fingerprint density at radius 3 is 2.29 bits per heavy atom. The maximum atomic E-state index is 13.8. The van der Waals surface area contributed by atoms with Crippen molar-refractivity contribution in [3.05, 3.63) is 29.6 Å². The molecule has 3 rings (SSSR count). The van der Waals surface area contributed by atoms with Crippen molar-refractivity contribution in [3.8, 4) is 0 Å². The van der Waals surface area contributed by atoms with Crippen molar-refractivity contribution in [2.75, 3.05) is 31.3 Å². The second kappa shape index (κ2) is 17.1. The highest BCUT2D eigenvalue weighted by atomic mass is 32.2. The zero-order chi connectivity index (χ0) is 30.5. The van der Waals surface area contributed by atoms with Gasteiger partial charge in [0, 0.05) is 62.0 Å². The quantitative estimate of drug-likeness (QED) is 0.403. The molecule has 2 aliphatic rings. The molecular weight excluding hydrogens is 574 g/mol. The van der Waals surface area contributed by atoms with Crippen LogP contribution in [-0.2, 0) is 35.4 Å². The molecule has 2 aliphatic heterocycles. The highest BCUT2D eigenvalue weighted by Crippen LogP contribution is 2.23. The van der Waals surface area contributed by atoms with Crippen LogP contribution in [0, 0.1) is 11.8 Å². The number of amides is 4. The molecule has 0 aliphatic carbocycles. The number of hydrogen-bond acceptors (Lipinski definition) is 8. The number of rotatable bonds is 4. The van der Waals surface area contributed by atoms with E-state index < -0.39 is 29.4 Å². The fourth-order valence-corrected chi connectivity index (χ4v) is 6.58. The van der Waals surface area contributed by atoms with E-state index in [1.807, 2.05) is 45.9 Å². The van der Waals surface area contributed by atoms with Gasteiger partial charge < -0.3 is 26.0 Å². The summed E-state index contributed by atoms with van der Waals surface area (Å²) >= 11 is 3.31. The van der Waals surface area contributed by atoms with E-state index in [0.717, 1.165) is 17.1 Å². The second-order valence-electron chi connectivity index (χ2n) is 11.5. The molecule has 0 radical (unpaired) electrons. The van der Waals surface area contributed by atoms with Crippen LogP contribution in [0.2, 0.25) is 0 Å². The molecule has 1 fully saturated rings. The summed E-state index contributed by atoms with van der Waals surface area (Å²) in [5.74, 6) is 1.48. The van der Waals surface area contributed by atoms with Crippen LogP contribution in [0.1, 0.15) is 71.2 Å². The number of fused-ring (bicyclic) bond motifs is 2. The summed E-state index contributed by atoms with van der Waals surface area (Å²) in [5.41, 5.74) is 0.767. The van der Waals surface area contributed by atoms with Gasteiger partial charge in [-0.3, -0.25) is 24.2 Å². The number of ether oxygens (including phenoxy) is 1. The van der Waals surface area contributed by atoms with Crippen molar-refractivity contribution in [3.63, 3.8) is 0 Å². The zero-order valence-corrected chi connectivity index (χ0v) is 27.0. The van der Waals surface area contributed by atoms with Gasteiger partial charge >= 0.3 is 0 Å². The Kier molecular flexibility index (Phi) is 13.9. The lowest BCUT2D eigenvalue weighted by atomic mass is 9.87. The van der Waals surface area contributed by atoms with Gasteiger partial charge in [-0.2, -0.15) is 23.5 Å². The monoisotopic (exact) mass is 621 g/mol. The molecule has 10 nitrogen and oxygen atoms in total. The molecule has 2 bridgehead atoms. The topological polar surface area (TPSA) is 139 Å². The number of nitrogens with zero attached hydrogens (tertiary/aromatic N) is 1. The van der Waals surface area contributed by atoms with Gasteiger partial charge in [-0.15, -0.1) is 0 Å². The number of hydrogen-bond donors (Lipinski definition) is 4. The Bertz CT molecular complexity index is 1070. The lowest BCUT2D eigenvalue weighted by molar-refractivity contribution is -0.140. The minimum atomic E-state index is -1.16. The summed E-state index contributed by atoms with van der Waals surface area (Å²) < 4.78 is 5.52. The molecule has 3 heterocycles. The molecule has 1 aromatic heterocycles. The zero-order valence-electron chi connectivity index (χ0n) is 25.3. The summed E-state index contributed by atoms with van der Waals surface area (Å²) in [5, 5.41) is 11.9. The third-order valence-electron chi connectivity index (χ3n) is 7.67.